The van der Waals surface area contributed by atoms with Crippen molar-refractivity contribution >= 4 is 63.3 Å². The fraction of sp³-hybridized carbons (Fsp3) is 0. The SMILES string of the molecule is [C-]#[N+]/C(C#N)=C1/Sc2c(c(-c3ccc(N(c4ccccc4)c4ccccc4)cc3)c3nsnc3c2C#Cc2cc(C#Cc3ccccc3)cc(C#Cc3cccnc3)c2)S1. The summed E-state index contributed by atoms with van der Waals surface area (Å²) >= 11 is 3.93. The molecule has 0 saturated carbocycles. The van der Waals surface area contributed by atoms with Crippen molar-refractivity contribution in [3.8, 4) is 52.7 Å². The molecule has 2 aromatic heterocycles. The molecular formula is C51H26N6S3. The lowest BCUT2D eigenvalue weighted by atomic mass is 10.00. The molecule has 9 heteroatoms. The highest BCUT2D eigenvalue weighted by Gasteiger charge is 2.31. The van der Waals surface area contributed by atoms with Gasteiger partial charge in [-0.25, -0.2) is 10.1 Å². The second-order valence-electron chi connectivity index (χ2n) is 13.1. The monoisotopic (exact) mass is 818 g/mol. The van der Waals surface area contributed by atoms with Crippen LogP contribution in [0.5, 0.6) is 0 Å². The Bertz CT molecular complexity index is 3090. The number of para-hydroxylation sites is 2. The van der Waals surface area contributed by atoms with Crippen molar-refractivity contribution in [3.05, 3.63) is 213 Å². The maximum Gasteiger partial charge on any atom is 0.282 e. The zero-order chi connectivity index (χ0) is 40.7. The molecule has 0 spiro atoms. The maximum atomic E-state index is 9.95. The van der Waals surface area contributed by atoms with E-state index < -0.39 is 0 Å². The van der Waals surface area contributed by atoms with Gasteiger partial charge < -0.3 is 4.90 Å². The first-order chi connectivity index (χ1) is 29.6. The Labute approximate surface area is 360 Å². The van der Waals surface area contributed by atoms with Gasteiger partial charge in [-0.2, -0.15) is 8.75 Å². The van der Waals surface area contributed by atoms with Crippen molar-refractivity contribution in [1.82, 2.24) is 13.7 Å². The lowest BCUT2D eigenvalue weighted by molar-refractivity contribution is 1.26. The molecule has 0 aliphatic carbocycles. The van der Waals surface area contributed by atoms with Crippen LogP contribution in [0.25, 0.3) is 27.0 Å². The molecule has 0 atom stereocenters. The number of nitrogens with zero attached hydrogens (tertiary/aromatic N) is 6. The van der Waals surface area contributed by atoms with Gasteiger partial charge in [-0.1, -0.05) is 126 Å². The molecular weight excluding hydrogens is 793 g/mol. The minimum absolute atomic E-state index is 0.0349. The highest BCUT2D eigenvalue weighted by Crippen LogP contribution is 2.58. The molecule has 9 rings (SSSR count). The normalized spacial score (nSPS) is 12.0. The van der Waals surface area contributed by atoms with Gasteiger partial charge in [0.25, 0.3) is 5.70 Å². The van der Waals surface area contributed by atoms with E-state index in [1.807, 2.05) is 97.1 Å². The van der Waals surface area contributed by atoms with E-state index in [0.717, 1.165) is 77.5 Å². The molecule has 8 aromatic rings. The van der Waals surface area contributed by atoms with E-state index in [0.29, 0.717) is 20.8 Å². The first-order valence-corrected chi connectivity index (χ1v) is 20.9. The summed E-state index contributed by atoms with van der Waals surface area (Å²) in [7, 11) is 0. The lowest BCUT2D eigenvalue weighted by Crippen LogP contribution is -2.09. The van der Waals surface area contributed by atoms with Crippen molar-refractivity contribution in [3.63, 3.8) is 0 Å². The van der Waals surface area contributed by atoms with Crippen molar-refractivity contribution in [1.29, 1.82) is 5.26 Å². The number of nitriles is 1. The highest BCUT2D eigenvalue weighted by molar-refractivity contribution is 8.24. The van der Waals surface area contributed by atoms with Crippen LogP contribution in [-0.4, -0.2) is 13.7 Å². The number of rotatable bonds is 4. The average Bonchev–Trinajstić information content (AvgIpc) is 3.97. The molecule has 0 bridgehead atoms. The summed E-state index contributed by atoms with van der Waals surface area (Å²) in [5.41, 5.74) is 10.9. The molecule has 1 aliphatic rings. The first-order valence-electron chi connectivity index (χ1n) is 18.5. The van der Waals surface area contributed by atoms with E-state index in [4.69, 9.17) is 15.3 Å². The third-order valence-corrected chi connectivity index (χ3v) is 12.4. The van der Waals surface area contributed by atoms with Crippen molar-refractivity contribution < 1.29 is 0 Å². The van der Waals surface area contributed by atoms with Gasteiger partial charge in [-0.3, -0.25) is 4.98 Å². The van der Waals surface area contributed by atoms with Crippen LogP contribution in [0.15, 0.2) is 178 Å². The molecule has 3 heterocycles. The van der Waals surface area contributed by atoms with Gasteiger partial charge in [0.2, 0.25) is 0 Å². The summed E-state index contributed by atoms with van der Waals surface area (Å²) in [5.74, 6) is 19.9. The summed E-state index contributed by atoms with van der Waals surface area (Å²) in [6.45, 7) is 7.77. The topological polar surface area (TPSA) is 70.1 Å². The van der Waals surface area contributed by atoms with Crippen LogP contribution in [0.2, 0.25) is 0 Å². The Kier molecular flexibility index (Phi) is 10.9. The second kappa shape index (κ2) is 17.4. The van der Waals surface area contributed by atoms with Gasteiger partial charge in [0, 0.05) is 72.6 Å². The highest BCUT2D eigenvalue weighted by atomic mass is 32.2. The van der Waals surface area contributed by atoms with E-state index in [1.54, 1.807) is 12.4 Å². The number of allylic oxidation sites excluding steroid dienone is 1. The summed E-state index contributed by atoms with van der Waals surface area (Å²) in [6, 6.07) is 50.5. The third kappa shape index (κ3) is 8.00. The number of aromatic nitrogens is 3. The third-order valence-electron chi connectivity index (χ3n) is 9.27. The Balaban J connectivity index is 1.17. The summed E-state index contributed by atoms with van der Waals surface area (Å²) in [4.78, 5) is 11.7. The fourth-order valence-corrected chi connectivity index (χ4v) is 9.74. The number of benzene rings is 6. The number of pyridine rings is 1. The predicted octanol–water partition coefficient (Wildman–Crippen LogP) is 12.2. The largest absolute Gasteiger partial charge is 0.311 e. The molecule has 0 amide bonds. The van der Waals surface area contributed by atoms with Crippen LogP contribution >= 0.6 is 35.3 Å². The zero-order valence-corrected chi connectivity index (χ0v) is 33.9. The summed E-state index contributed by atoms with van der Waals surface area (Å²) < 4.78 is 10.2. The molecule has 60 heavy (non-hydrogen) atoms. The van der Waals surface area contributed by atoms with E-state index in [1.165, 1.54) is 23.5 Å². The molecule has 6 nitrogen and oxygen atoms in total. The second-order valence-corrected chi connectivity index (χ2v) is 16.0. The smallest absolute Gasteiger partial charge is 0.282 e. The fourth-order valence-electron chi connectivity index (χ4n) is 6.56. The van der Waals surface area contributed by atoms with Crippen molar-refractivity contribution in [2.75, 3.05) is 4.90 Å². The molecule has 6 aromatic carbocycles. The number of thioether (sulfide) groups is 2. The van der Waals surface area contributed by atoms with Crippen LogP contribution in [-0.2, 0) is 0 Å². The van der Waals surface area contributed by atoms with E-state index >= 15 is 0 Å². The van der Waals surface area contributed by atoms with Crippen LogP contribution in [0.4, 0.5) is 17.1 Å². The Hall–Kier alpha value is -7.81. The van der Waals surface area contributed by atoms with Gasteiger partial charge in [0.05, 0.1) is 34.2 Å². The zero-order valence-electron chi connectivity index (χ0n) is 31.4. The number of hydrogen-bond acceptors (Lipinski definition) is 8. The van der Waals surface area contributed by atoms with Gasteiger partial charge in [0.15, 0.2) is 0 Å². The molecule has 0 saturated heterocycles. The van der Waals surface area contributed by atoms with Crippen LogP contribution in [0.1, 0.15) is 33.4 Å². The van der Waals surface area contributed by atoms with E-state index in [2.05, 4.69) is 105 Å². The Morgan fingerprint density at radius 1 is 0.567 bits per heavy atom. The predicted molar refractivity (Wildman–Crippen MR) is 244 cm³/mol. The number of hydrogen-bond donors (Lipinski definition) is 0. The molecule has 0 unspecified atom stereocenters. The van der Waals surface area contributed by atoms with Crippen LogP contribution < -0.4 is 4.90 Å². The van der Waals surface area contributed by atoms with Crippen LogP contribution in [0.3, 0.4) is 0 Å². The van der Waals surface area contributed by atoms with Crippen molar-refractivity contribution in [2.24, 2.45) is 0 Å². The average molecular weight is 819 g/mol. The van der Waals surface area contributed by atoms with Crippen molar-refractivity contribution in [2.45, 2.75) is 9.79 Å². The molecule has 0 radical (unpaired) electrons. The minimum Gasteiger partial charge on any atom is -0.311 e. The molecule has 1 aliphatic heterocycles. The Morgan fingerprint density at radius 2 is 1.10 bits per heavy atom. The quantitative estimate of drug-likeness (QED) is 0.0995. The summed E-state index contributed by atoms with van der Waals surface area (Å²) in [6.07, 6.45) is 3.45. The van der Waals surface area contributed by atoms with Crippen LogP contribution in [0, 0.1) is 53.4 Å². The first kappa shape index (κ1) is 37.7. The standard InChI is InChI=1S/C51H26N6S3/c1-53-45(33-52)51-58-49-44(28-23-39-31-37(21-19-35-12-5-2-6-13-35)30-38(32-39)22-20-36-14-11-29-54-34-36)47-48(56-60-55-47)46(50(49)59-51)40-24-26-43(27-25-40)57(41-15-7-3-8-16-41)42-17-9-4-10-18-42/h2-18,24-27,29-32,34H/b51-45-. The van der Waals surface area contributed by atoms with Gasteiger partial charge in [-0.15, -0.1) is 0 Å². The van der Waals surface area contributed by atoms with E-state index in [-0.39, 0.29) is 5.70 Å². The summed E-state index contributed by atoms with van der Waals surface area (Å²) in [5, 5.41) is 9.95. The van der Waals surface area contributed by atoms with Gasteiger partial charge in [0.1, 0.15) is 11.0 Å². The van der Waals surface area contributed by atoms with Gasteiger partial charge >= 0.3 is 0 Å². The minimum atomic E-state index is 0.0349. The van der Waals surface area contributed by atoms with E-state index in [9.17, 15) is 5.26 Å². The maximum absolute atomic E-state index is 9.95. The molecule has 0 N–H and O–H groups in total. The van der Waals surface area contributed by atoms with Gasteiger partial charge in [-0.05, 0) is 84.4 Å². The lowest BCUT2D eigenvalue weighted by Gasteiger charge is -2.25. The molecule has 0 fully saturated rings. The number of anilines is 3. The molecule has 278 valence electrons. The Morgan fingerprint density at radius 3 is 1.70 bits per heavy atom. The number of fused-ring (bicyclic) bond motifs is 2.